The number of allylic oxidation sites excluding steroid dienone is 12. The highest BCUT2D eigenvalue weighted by molar-refractivity contribution is 5.77. The molecule has 0 aromatic rings. The standard InChI is InChI=1S/C65H117NO5/c1-4-7-10-13-16-19-22-25-28-31-34-37-40-43-46-49-52-55-58-65(70)71-61(56-53-50-47-44-41-38-35-32-29-26-23-20-17-14-11-8-5-2)59-64(69)66-62(60-67)63(68)57-54-51-48-45-42-39-36-33-30-27-24-21-18-15-12-9-6-3/h17,20,22,25-26,28-29,31,34-35,37-38,61-63,67-68H,4-16,18-19,21,23-24,27,30,32-33,36,39-60H2,1-3H3,(H,66,69)/b20-17-,25-22+,29-26-,31-28+,37-34+,38-35-. The zero-order valence-electron chi connectivity index (χ0n) is 47.1. The van der Waals surface area contributed by atoms with E-state index in [2.05, 4.69) is 99.0 Å². The van der Waals surface area contributed by atoms with Gasteiger partial charge in [0.1, 0.15) is 6.10 Å². The number of aliphatic hydroxyl groups is 2. The molecule has 0 saturated heterocycles. The molecular weight excluding hydrogens is 875 g/mol. The Morgan fingerprint density at radius 3 is 1.23 bits per heavy atom. The molecular formula is C65H117NO5. The topological polar surface area (TPSA) is 95.9 Å². The van der Waals surface area contributed by atoms with Gasteiger partial charge in [-0.2, -0.15) is 0 Å². The number of carbonyl (C=O) groups excluding carboxylic acids is 2. The fraction of sp³-hybridized carbons (Fsp3) is 0.785. The van der Waals surface area contributed by atoms with Crippen LogP contribution in [0.2, 0.25) is 0 Å². The van der Waals surface area contributed by atoms with E-state index in [1.54, 1.807) is 0 Å². The molecule has 0 saturated carbocycles. The Labute approximate surface area is 441 Å². The second kappa shape index (κ2) is 58.2. The van der Waals surface area contributed by atoms with E-state index in [1.165, 1.54) is 154 Å². The Bertz CT molecular complexity index is 1300. The molecule has 3 atom stereocenters. The van der Waals surface area contributed by atoms with Gasteiger partial charge in [-0.3, -0.25) is 9.59 Å². The van der Waals surface area contributed by atoms with E-state index in [-0.39, 0.29) is 24.9 Å². The minimum Gasteiger partial charge on any atom is -0.462 e. The van der Waals surface area contributed by atoms with Gasteiger partial charge in [0.05, 0.1) is 25.2 Å². The molecule has 6 heteroatoms. The predicted octanol–water partition coefficient (Wildman–Crippen LogP) is 19.3. The highest BCUT2D eigenvalue weighted by atomic mass is 16.5. The lowest BCUT2D eigenvalue weighted by molar-refractivity contribution is -0.151. The molecule has 0 bridgehead atoms. The summed E-state index contributed by atoms with van der Waals surface area (Å²) in [7, 11) is 0. The highest BCUT2D eigenvalue weighted by Crippen LogP contribution is 2.18. The summed E-state index contributed by atoms with van der Waals surface area (Å²) in [5.41, 5.74) is 0. The maximum atomic E-state index is 13.3. The van der Waals surface area contributed by atoms with Crippen LogP contribution in [0.1, 0.15) is 303 Å². The Morgan fingerprint density at radius 2 is 0.775 bits per heavy atom. The summed E-state index contributed by atoms with van der Waals surface area (Å²) in [5.74, 6) is -0.512. The summed E-state index contributed by atoms with van der Waals surface area (Å²) in [4.78, 5) is 26.3. The number of hydrogen-bond acceptors (Lipinski definition) is 5. The summed E-state index contributed by atoms with van der Waals surface area (Å²) >= 11 is 0. The monoisotopic (exact) mass is 992 g/mol. The molecule has 1 amide bonds. The Balaban J connectivity index is 4.63. The first-order valence-corrected chi connectivity index (χ1v) is 30.7. The van der Waals surface area contributed by atoms with E-state index in [0.29, 0.717) is 19.3 Å². The van der Waals surface area contributed by atoms with Crippen LogP contribution in [0.4, 0.5) is 0 Å². The molecule has 0 aliphatic carbocycles. The fourth-order valence-electron chi connectivity index (χ4n) is 9.15. The summed E-state index contributed by atoms with van der Waals surface area (Å²) in [6.45, 7) is 6.46. The van der Waals surface area contributed by atoms with Crippen molar-refractivity contribution in [3.8, 4) is 0 Å². The van der Waals surface area contributed by atoms with E-state index in [1.807, 2.05) is 0 Å². The molecule has 3 unspecified atom stereocenters. The van der Waals surface area contributed by atoms with Crippen LogP contribution in [0, 0.1) is 0 Å². The fourth-order valence-corrected chi connectivity index (χ4v) is 9.15. The van der Waals surface area contributed by atoms with Gasteiger partial charge in [0.2, 0.25) is 5.91 Å². The van der Waals surface area contributed by atoms with Gasteiger partial charge < -0.3 is 20.3 Å². The van der Waals surface area contributed by atoms with Crippen molar-refractivity contribution in [3.63, 3.8) is 0 Å². The third kappa shape index (κ3) is 53.4. The van der Waals surface area contributed by atoms with Crippen molar-refractivity contribution in [2.75, 3.05) is 6.61 Å². The van der Waals surface area contributed by atoms with E-state index in [4.69, 9.17) is 4.74 Å². The van der Waals surface area contributed by atoms with E-state index in [9.17, 15) is 19.8 Å². The first kappa shape index (κ1) is 68.3. The van der Waals surface area contributed by atoms with Crippen LogP contribution in [0.5, 0.6) is 0 Å². The SMILES string of the molecule is CCCCC/C=C\C/C=C\C/C=C\CCCCCCC(CC(=O)NC(CO)C(O)CCCCCCCCCCCCCCCCCCC)OC(=O)CCCCCCC/C=C/C=C/C=C/CCCCCCC. The van der Waals surface area contributed by atoms with Crippen LogP contribution < -0.4 is 5.32 Å². The molecule has 6 nitrogen and oxygen atoms in total. The second-order valence-corrected chi connectivity index (χ2v) is 20.8. The molecule has 3 N–H and O–H groups in total. The number of unbranched alkanes of at least 4 members (excludes halogenated alkanes) is 33. The predicted molar refractivity (Wildman–Crippen MR) is 310 cm³/mol. The Hall–Kier alpha value is -2.70. The van der Waals surface area contributed by atoms with Gasteiger partial charge >= 0.3 is 5.97 Å². The quantitative estimate of drug-likeness (QED) is 0.0244. The van der Waals surface area contributed by atoms with Gasteiger partial charge in [0.15, 0.2) is 0 Å². The molecule has 71 heavy (non-hydrogen) atoms. The van der Waals surface area contributed by atoms with Crippen LogP contribution >= 0.6 is 0 Å². The zero-order valence-corrected chi connectivity index (χ0v) is 47.1. The normalized spacial score (nSPS) is 13.6. The number of esters is 1. The van der Waals surface area contributed by atoms with Gasteiger partial charge in [0, 0.05) is 6.42 Å². The lowest BCUT2D eigenvalue weighted by atomic mass is 10.0. The van der Waals surface area contributed by atoms with Crippen molar-refractivity contribution in [1.82, 2.24) is 5.32 Å². The molecule has 0 heterocycles. The van der Waals surface area contributed by atoms with Crippen molar-refractivity contribution in [2.24, 2.45) is 0 Å². The average Bonchev–Trinajstić information content (AvgIpc) is 3.36. The molecule has 0 aliphatic heterocycles. The molecule has 0 rings (SSSR count). The van der Waals surface area contributed by atoms with Crippen molar-refractivity contribution >= 4 is 11.9 Å². The summed E-state index contributed by atoms with van der Waals surface area (Å²) in [6.07, 6.45) is 75.3. The van der Waals surface area contributed by atoms with Gasteiger partial charge in [-0.15, -0.1) is 0 Å². The van der Waals surface area contributed by atoms with Crippen LogP contribution in [0.3, 0.4) is 0 Å². The van der Waals surface area contributed by atoms with Gasteiger partial charge in [-0.05, 0) is 89.9 Å². The Kier molecular flexibility index (Phi) is 56.0. The van der Waals surface area contributed by atoms with Crippen LogP contribution in [-0.2, 0) is 14.3 Å². The van der Waals surface area contributed by atoms with Crippen LogP contribution in [0.15, 0.2) is 72.9 Å². The molecule has 0 aliphatic rings. The molecule has 412 valence electrons. The lowest BCUT2D eigenvalue weighted by Crippen LogP contribution is -2.46. The molecule has 0 spiro atoms. The largest absolute Gasteiger partial charge is 0.462 e. The molecule has 0 aromatic carbocycles. The number of aliphatic hydroxyl groups excluding tert-OH is 2. The first-order chi connectivity index (χ1) is 35.0. The van der Waals surface area contributed by atoms with Gasteiger partial charge in [-0.1, -0.05) is 273 Å². The average molecular weight is 993 g/mol. The maximum absolute atomic E-state index is 13.3. The van der Waals surface area contributed by atoms with E-state index >= 15 is 0 Å². The summed E-state index contributed by atoms with van der Waals surface area (Å²) in [5, 5.41) is 23.9. The summed E-state index contributed by atoms with van der Waals surface area (Å²) < 4.78 is 5.96. The highest BCUT2D eigenvalue weighted by Gasteiger charge is 2.24. The van der Waals surface area contributed by atoms with Crippen molar-refractivity contribution in [3.05, 3.63) is 72.9 Å². The number of hydrogen-bond donors (Lipinski definition) is 3. The van der Waals surface area contributed by atoms with E-state index in [0.717, 1.165) is 103 Å². The minimum absolute atomic E-state index is 0.0527. The van der Waals surface area contributed by atoms with Crippen molar-refractivity contribution < 1.29 is 24.5 Å². The van der Waals surface area contributed by atoms with Crippen LogP contribution in [0.25, 0.3) is 0 Å². The second-order valence-electron chi connectivity index (χ2n) is 20.8. The minimum atomic E-state index is -0.802. The van der Waals surface area contributed by atoms with Crippen molar-refractivity contribution in [1.29, 1.82) is 0 Å². The Morgan fingerprint density at radius 1 is 0.423 bits per heavy atom. The molecule has 0 radical (unpaired) electrons. The van der Waals surface area contributed by atoms with Crippen molar-refractivity contribution in [2.45, 2.75) is 322 Å². The smallest absolute Gasteiger partial charge is 0.306 e. The molecule has 0 aromatic heterocycles. The first-order valence-electron chi connectivity index (χ1n) is 30.7. The van der Waals surface area contributed by atoms with Gasteiger partial charge in [-0.25, -0.2) is 0 Å². The number of rotatable bonds is 55. The number of nitrogens with one attached hydrogen (secondary N) is 1. The maximum Gasteiger partial charge on any atom is 0.306 e. The van der Waals surface area contributed by atoms with Crippen LogP contribution in [-0.4, -0.2) is 46.9 Å². The third-order valence-electron chi connectivity index (χ3n) is 13.8. The van der Waals surface area contributed by atoms with Gasteiger partial charge in [0.25, 0.3) is 0 Å². The summed E-state index contributed by atoms with van der Waals surface area (Å²) in [6, 6.07) is -0.718. The number of ether oxygens (including phenoxy) is 1. The van der Waals surface area contributed by atoms with E-state index < -0.39 is 18.2 Å². The number of amides is 1. The zero-order chi connectivity index (χ0) is 51.6. The lowest BCUT2D eigenvalue weighted by Gasteiger charge is -2.24. The third-order valence-corrected chi connectivity index (χ3v) is 13.8. The number of carbonyl (C=O) groups is 2. The molecule has 0 fully saturated rings.